The van der Waals surface area contributed by atoms with E-state index in [0.717, 1.165) is 29.8 Å². The highest BCUT2D eigenvalue weighted by Gasteiger charge is 2.31. The van der Waals surface area contributed by atoms with Crippen molar-refractivity contribution in [3.63, 3.8) is 0 Å². The number of nitrogens with zero attached hydrogens (tertiary/aromatic N) is 1. The second-order valence-electron chi connectivity index (χ2n) is 6.52. The van der Waals surface area contributed by atoms with E-state index in [9.17, 15) is 4.79 Å². The molecule has 1 heterocycles. The molecule has 1 fully saturated rings. The molecule has 0 saturated heterocycles. The first-order valence-corrected chi connectivity index (χ1v) is 8.88. The molecule has 0 unspecified atom stereocenters. The number of ether oxygens (including phenoxy) is 2. The number of H-pyrrole nitrogens is 1. The molecule has 0 atom stereocenters. The van der Waals surface area contributed by atoms with Crippen molar-refractivity contribution in [2.45, 2.75) is 18.8 Å². The van der Waals surface area contributed by atoms with Crippen molar-refractivity contribution in [2.75, 3.05) is 19.5 Å². The standard InChI is InChI=1S/C21H21N3O3/c1-26-15-10-11-16(17(12-15)27-2)19-20(18(23-24-19)13-8-9-13)22-21(25)14-6-4-3-5-7-14/h3-7,10-13H,8-9H2,1-2H3,(H,22,25)(H,23,24). The van der Waals surface area contributed by atoms with Gasteiger partial charge in [0.25, 0.3) is 5.91 Å². The molecule has 1 saturated carbocycles. The Morgan fingerprint density at radius 3 is 2.56 bits per heavy atom. The third kappa shape index (κ3) is 3.38. The molecule has 1 aliphatic rings. The first kappa shape index (κ1) is 17.1. The maximum absolute atomic E-state index is 12.7. The lowest BCUT2D eigenvalue weighted by atomic mass is 10.1. The van der Waals surface area contributed by atoms with Gasteiger partial charge in [0.15, 0.2) is 0 Å². The molecule has 6 heteroatoms. The third-order valence-corrected chi connectivity index (χ3v) is 4.72. The summed E-state index contributed by atoms with van der Waals surface area (Å²) in [7, 11) is 3.22. The van der Waals surface area contributed by atoms with Crippen LogP contribution in [-0.4, -0.2) is 30.3 Å². The molecular formula is C21H21N3O3. The lowest BCUT2D eigenvalue weighted by molar-refractivity contribution is 0.102. The summed E-state index contributed by atoms with van der Waals surface area (Å²) >= 11 is 0. The number of methoxy groups -OCH3 is 2. The molecule has 0 bridgehead atoms. The van der Waals surface area contributed by atoms with Crippen LogP contribution < -0.4 is 14.8 Å². The van der Waals surface area contributed by atoms with Gasteiger partial charge in [-0.1, -0.05) is 18.2 Å². The van der Waals surface area contributed by atoms with Crippen LogP contribution in [0.25, 0.3) is 11.3 Å². The maximum Gasteiger partial charge on any atom is 0.255 e. The number of rotatable bonds is 6. The molecule has 3 aromatic rings. The normalized spacial score (nSPS) is 13.3. The third-order valence-electron chi connectivity index (χ3n) is 4.72. The van der Waals surface area contributed by atoms with Crippen LogP contribution >= 0.6 is 0 Å². The molecule has 6 nitrogen and oxygen atoms in total. The summed E-state index contributed by atoms with van der Waals surface area (Å²) in [4.78, 5) is 12.7. The Kier molecular flexibility index (Phi) is 4.54. The number of carbonyl (C=O) groups is 1. The van der Waals surface area contributed by atoms with Crippen molar-refractivity contribution >= 4 is 11.6 Å². The van der Waals surface area contributed by atoms with E-state index in [4.69, 9.17) is 9.47 Å². The number of hydrogen-bond acceptors (Lipinski definition) is 4. The molecule has 4 rings (SSSR count). The van der Waals surface area contributed by atoms with Gasteiger partial charge in [0.1, 0.15) is 17.2 Å². The number of benzene rings is 2. The van der Waals surface area contributed by atoms with E-state index in [1.54, 1.807) is 26.4 Å². The summed E-state index contributed by atoms with van der Waals surface area (Å²) in [6.45, 7) is 0. The van der Waals surface area contributed by atoms with Crippen molar-refractivity contribution in [1.29, 1.82) is 0 Å². The molecule has 138 valence electrons. The number of anilines is 1. The van der Waals surface area contributed by atoms with E-state index in [1.165, 1.54) is 0 Å². The van der Waals surface area contributed by atoms with Crippen LogP contribution in [0.15, 0.2) is 48.5 Å². The van der Waals surface area contributed by atoms with Crippen molar-refractivity contribution in [1.82, 2.24) is 10.2 Å². The minimum absolute atomic E-state index is 0.160. The lowest BCUT2D eigenvalue weighted by Crippen LogP contribution is -2.13. The van der Waals surface area contributed by atoms with Crippen molar-refractivity contribution in [2.24, 2.45) is 0 Å². The number of aromatic nitrogens is 2. The molecule has 2 aromatic carbocycles. The van der Waals surface area contributed by atoms with Crippen LogP contribution in [0.4, 0.5) is 5.69 Å². The second kappa shape index (κ2) is 7.15. The van der Waals surface area contributed by atoms with E-state index in [2.05, 4.69) is 15.5 Å². The fraction of sp³-hybridized carbons (Fsp3) is 0.238. The van der Waals surface area contributed by atoms with E-state index in [1.807, 2.05) is 36.4 Å². The van der Waals surface area contributed by atoms with Crippen molar-refractivity contribution in [3.05, 3.63) is 59.8 Å². The van der Waals surface area contributed by atoms with Gasteiger partial charge >= 0.3 is 0 Å². The predicted octanol–water partition coefficient (Wildman–Crippen LogP) is 4.22. The summed E-state index contributed by atoms with van der Waals surface area (Å²) in [5.41, 5.74) is 3.75. The Hall–Kier alpha value is -3.28. The van der Waals surface area contributed by atoms with Crippen LogP contribution in [0, 0.1) is 0 Å². The number of aromatic amines is 1. The number of amides is 1. The van der Waals surface area contributed by atoms with Gasteiger partial charge in [0.05, 0.1) is 25.6 Å². The number of hydrogen-bond donors (Lipinski definition) is 2. The van der Waals surface area contributed by atoms with Gasteiger partial charge in [-0.05, 0) is 37.1 Å². The highest BCUT2D eigenvalue weighted by molar-refractivity contribution is 6.06. The Bertz CT molecular complexity index is 962. The zero-order valence-corrected chi connectivity index (χ0v) is 15.3. The van der Waals surface area contributed by atoms with E-state index < -0.39 is 0 Å². The monoisotopic (exact) mass is 363 g/mol. The highest BCUT2D eigenvalue weighted by atomic mass is 16.5. The zero-order chi connectivity index (χ0) is 18.8. The summed E-state index contributed by atoms with van der Waals surface area (Å²) in [5.74, 6) is 1.58. The van der Waals surface area contributed by atoms with Gasteiger partial charge in [-0.3, -0.25) is 9.89 Å². The second-order valence-corrected chi connectivity index (χ2v) is 6.52. The fourth-order valence-electron chi connectivity index (χ4n) is 3.11. The van der Waals surface area contributed by atoms with Gasteiger partial charge in [0.2, 0.25) is 0 Å². The molecular weight excluding hydrogens is 342 g/mol. The van der Waals surface area contributed by atoms with Crippen LogP contribution in [0.3, 0.4) is 0 Å². The predicted molar refractivity (Wildman–Crippen MR) is 103 cm³/mol. The number of carbonyl (C=O) groups excluding carboxylic acids is 1. The van der Waals surface area contributed by atoms with Crippen LogP contribution in [-0.2, 0) is 0 Å². The fourth-order valence-corrected chi connectivity index (χ4v) is 3.11. The van der Waals surface area contributed by atoms with Gasteiger partial charge < -0.3 is 14.8 Å². The molecule has 1 aromatic heterocycles. The minimum atomic E-state index is -0.160. The molecule has 0 spiro atoms. The van der Waals surface area contributed by atoms with Gasteiger partial charge in [-0.15, -0.1) is 0 Å². The molecule has 2 N–H and O–H groups in total. The summed E-state index contributed by atoms with van der Waals surface area (Å²) in [6.07, 6.45) is 2.19. The van der Waals surface area contributed by atoms with E-state index in [-0.39, 0.29) is 5.91 Å². The smallest absolute Gasteiger partial charge is 0.255 e. The van der Waals surface area contributed by atoms with Gasteiger partial charge in [-0.2, -0.15) is 5.10 Å². The number of nitrogens with one attached hydrogen (secondary N) is 2. The molecule has 0 aliphatic heterocycles. The molecule has 27 heavy (non-hydrogen) atoms. The lowest BCUT2D eigenvalue weighted by Gasteiger charge is -2.12. The first-order chi connectivity index (χ1) is 13.2. The van der Waals surface area contributed by atoms with Crippen LogP contribution in [0.2, 0.25) is 0 Å². The Labute approximate surface area is 157 Å². The van der Waals surface area contributed by atoms with Crippen LogP contribution in [0.5, 0.6) is 11.5 Å². The van der Waals surface area contributed by atoms with E-state index in [0.29, 0.717) is 28.7 Å². The average molecular weight is 363 g/mol. The van der Waals surface area contributed by atoms with Crippen LogP contribution in [0.1, 0.15) is 34.8 Å². The van der Waals surface area contributed by atoms with Crippen molar-refractivity contribution < 1.29 is 14.3 Å². The Morgan fingerprint density at radius 2 is 1.89 bits per heavy atom. The minimum Gasteiger partial charge on any atom is -0.497 e. The summed E-state index contributed by atoms with van der Waals surface area (Å²) in [5, 5.41) is 10.7. The quantitative estimate of drug-likeness (QED) is 0.687. The largest absolute Gasteiger partial charge is 0.497 e. The zero-order valence-electron chi connectivity index (χ0n) is 15.3. The highest BCUT2D eigenvalue weighted by Crippen LogP contribution is 2.46. The van der Waals surface area contributed by atoms with Crippen molar-refractivity contribution in [3.8, 4) is 22.8 Å². The van der Waals surface area contributed by atoms with Gasteiger partial charge in [0, 0.05) is 23.1 Å². The first-order valence-electron chi connectivity index (χ1n) is 8.88. The summed E-state index contributed by atoms with van der Waals surface area (Å²) < 4.78 is 10.8. The maximum atomic E-state index is 12.7. The Balaban J connectivity index is 1.75. The molecule has 0 radical (unpaired) electrons. The topological polar surface area (TPSA) is 76.2 Å². The Morgan fingerprint density at radius 1 is 1.11 bits per heavy atom. The summed E-state index contributed by atoms with van der Waals surface area (Å²) in [6, 6.07) is 14.7. The SMILES string of the molecule is COc1ccc(-c2n[nH]c(C3CC3)c2NC(=O)c2ccccc2)c(OC)c1. The van der Waals surface area contributed by atoms with E-state index >= 15 is 0 Å². The average Bonchev–Trinajstić information content (AvgIpc) is 3.49. The molecule has 1 amide bonds. The van der Waals surface area contributed by atoms with Gasteiger partial charge in [-0.25, -0.2) is 0 Å². The molecule has 1 aliphatic carbocycles.